The monoisotopic (exact) mass is 321 g/mol. The Morgan fingerprint density at radius 3 is 2.67 bits per heavy atom. The predicted molar refractivity (Wildman–Crippen MR) is 87.5 cm³/mol. The van der Waals surface area contributed by atoms with Gasteiger partial charge in [-0.15, -0.1) is 11.8 Å². The van der Waals surface area contributed by atoms with Gasteiger partial charge in [0.15, 0.2) is 11.5 Å². The molecule has 21 heavy (non-hydrogen) atoms. The number of anilines is 1. The van der Waals surface area contributed by atoms with Crippen LogP contribution in [0, 0.1) is 0 Å². The molecule has 0 amide bonds. The number of hydrogen-bond donors (Lipinski definition) is 1. The van der Waals surface area contributed by atoms with E-state index in [4.69, 9.17) is 26.8 Å². The Kier molecular flexibility index (Phi) is 4.46. The van der Waals surface area contributed by atoms with Gasteiger partial charge in [-0.25, -0.2) is 0 Å². The van der Waals surface area contributed by atoms with E-state index in [1.807, 2.05) is 30.3 Å². The molecule has 0 radical (unpaired) electrons. The van der Waals surface area contributed by atoms with Gasteiger partial charge < -0.3 is 15.2 Å². The van der Waals surface area contributed by atoms with Crippen molar-refractivity contribution >= 4 is 29.1 Å². The molecule has 3 rings (SSSR count). The largest absolute Gasteiger partial charge is 0.490 e. The smallest absolute Gasteiger partial charge is 0.162 e. The number of hydrogen-bond acceptors (Lipinski definition) is 4. The fourth-order valence-electron chi connectivity index (χ4n) is 2.09. The van der Waals surface area contributed by atoms with Crippen LogP contribution < -0.4 is 15.2 Å². The number of rotatable bonds is 3. The summed E-state index contributed by atoms with van der Waals surface area (Å²) in [6.45, 7) is 1.41. The van der Waals surface area contributed by atoms with E-state index in [1.54, 1.807) is 17.8 Å². The molecule has 0 saturated heterocycles. The fourth-order valence-corrected chi connectivity index (χ4v) is 3.21. The maximum atomic E-state index is 5.97. The average molecular weight is 322 g/mol. The SMILES string of the molecule is Nc1cc(Cl)ccc1CSc1ccc2c(c1)OCCCO2. The first-order chi connectivity index (χ1) is 10.2. The standard InChI is InChI=1S/C16H16ClNO2S/c17-12-3-2-11(14(18)8-12)10-21-13-4-5-15-16(9-13)20-7-1-6-19-15/h2-5,8-9H,1,6-7,10,18H2. The fraction of sp³-hybridized carbons (Fsp3) is 0.250. The summed E-state index contributed by atoms with van der Waals surface area (Å²) in [7, 11) is 0. The second-order valence-electron chi connectivity index (χ2n) is 4.79. The molecule has 3 nitrogen and oxygen atoms in total. The highest BCUT2D eigenvalue weighted by Crippen LogP contribution is 2.35. The van der Waals surface area contributed by atoms with E-state index in [9.17, 15) is 0 Å². The minimum atomic E-state index is 0.664. The van der Waals surface area contributed by atoms with Crippen molar-refractivity contribution in [3.05, 3.63) is 47.0 Å². The van der Waals surface area contributed by atoms with Crippen LogP contribution in [0.3, 0.4) is 0 Å². The molecule has 0 spiro atoms. The topological polar surface area (TPSA) is 44.5 Å². The first kappa shape index (κ1) is 14.4. The summed E-state index contributed by atoms with van der Waals surface area (Å²) >= 11 is 7.63. The van der Waals surface area contributed by atoms with Crippen LogP contribution in [0.5, 0.6) is 11.5 Å². The maximum absolute atomic E-state index is 5.97. The molecular formula is C16H16ClNO2S. The number of nitrogen functional groups attached to an aromatic ring is 1. The van der Waals surface area contributed by atoms with E-state index in [0.717, 1.165) is 39.8 Å². The molecule has 2 aromatic carbocycles. The van der Waals surface area contributed by atoms with Gasteiger partial charge in [-0.2, -0.15) is 0 Å². The van der Waals surface area contributed by atoms with Crippen LogP contribution in [0.1, 0.15) is 12.0 Å². The lowest BCUT2D eigenvalue weighted by Crippen LogP contribution is -1.97. The highest BCUT2D eigenvalue weighted by Gasteiger charge is 2.11. The van der Waals surface area contributed by atoms with Gasteiger partial charge in [0.05, 0.1) is 13.2 Å². The third-order valence-corrected chi connectivity index (χ3v) is 4.50. The zero-order valence-corrected chi connectivity index (χ0v) is 13.0. The van der Waals surface area contributed by atoms with Gasteiger partial charge in [0.1, 0.15) is 0 Å². The number of nitrogens with two attached hydrogens (primary N) is 1. The summed E-state index contributed by atoms with van der Waals surface area (Å²) in [6, 6.07) is 11.6. The van der Waals surface area contributed by atoms with E-state index >= 15 is 0 Å². The predicted octanol–water partition coefficient (Wildman–Crippen LogP) is 4.38. The summed E-state index contributed by atoms with van der Waals surface area (Å²) in [5, 5.41) is 0.664. The molecule has 1 aliphatic rings. The van der Waals surface area contributed by atoms with Crippen molar-refractivity contribution in [2.45, 2.75) is 17.1 Å². The van der Waals surface area contributed by atoms with Crippen molar-refractivity contribution in [3.63, 3.8) is 0 Å². The first-order valence-corrected chi connectivity index (χ1v) is 8.15. The van der Waals surface area contributed by atoms with E-state index in [-0.39, 0.29) is 0 Å². The van der Waals surface area contributed by atoms with E-state index in [1.165, 1.54) is 0 Å². The number of halogens is 1. The Morgan fingerprint density at radius 1 is 1.05 bits per heavy atom. The molecule has 0 fully saturated rings. The van der Waals surface area contributed by atoms with Crippen LogP contribution in [-0.4, -0.2) is 13.2 Å². The summed E-state index contributed by atoms with van der Waals surface area (Å²) in [4.78, 5) is 1.13. The molecular weight excluding hydrogens is 306 g/mol. The number of thioether (sulfide) groups is 1. The zero-order valence-electron chi connectivity index (χ0n) is 11.5. The Bertz CT molecular complexity index is 648. The molecule has 2 N–H and O–H groups in total. The van der Waals surface area contributed by atoms with Crippen molar-refractivity contribution in [1.29, 1.82) is 0 Å². The Morgan fingerprint density at radius 2 is 1.86 bits per heavy atom. The van der Waals surface area contributed by atoms with Crippen LogP contribution >= 0.6 is 23.4 Å². The van der Waals surface area contributed by atoms with Gasteiger partial charge in [-0.3, -0.25) is 0 Å². The summed E-state index contributed by atoms with van der Waals surface area (Å²) in [5.41, 5.74) is 7.78. The average Bonchev–Trinajstić information content (AvgIpc) is 2.71. The second kappa shape index (κ2) is 6.50. The molecule has 1 aliphatic heterocycles. The summed E-state index contributed by atoms with van der Waals surface area (Å²) < 4.78 is 11.3. The third-order valence-electron chi connectivity index (χ3n) is 3.22. The van der Waals surface area contributed by atoms with Crippen molar-refractivity contribution in [3.8, 4) is 11.5 Å². The van der Waals surface area contributed by atoms with Gasteiger partial charge in [0.25, 0.3) is 0 Å². The van der Waals surface area contributed by atoms with Gasteiger partial charge in [-0.1, -0.05) is 17.7 Å². The first-order valence-electron chi connectivity index (χ1n) is 6.79. The lowest BCUT2D eigenvalue weighted by Gasteiger charge is -2.10. The normalized spacial score (nSPS) is 13.8. The minimum absolute atomic E-state index is 0.664. The number of fused-ring (bicyclic) bond motifs is 1. The molecule has 0 unspecified atom stereocenters. The van der Waals surface area contributed by atoms with E-state index in [2.05, 4.69) is 0 Å². The molecule has 0 atom stereocenters. The Hall–Kier alpha value is -1.52. The van der Waals surface area contributed by atoms with Crippen molar-refractivity contribution in [1.82, 2.24) is 0 Å². The number of ether oxygens (including phenoxy) is 2. The van der Waals surface area contributed by atoms with Gasteiger partial charge in [-0.05, 0) is 35.9 Å². The Labute approximate surface area is 133 Å². The van der Waals surface area contributed by atoms with E-state index in [0.29, 0.717) is 18.2 Å². The van der Waals surface area contributed by atoms with Gasteiger partial charge in [0, 0.05) is 27.8 Å². The van der Waals surface area contributed by atoms with Crippen LogP contribution in [-0.2, 0) is 5.75 Å². The molecule has 110 valence electrons. The molecule has 0 aromatic heterocycles. The van der Waals surface area contributed by atoms with Gasteiger partial charge in [0.2, 0.25) is 0 Å². The van der Waals surface area contributed by atoms with Crippen molar-refractivity contribution < 1.29 is 9.47 Å². The second-order valence-corrected chi connectivity index (χ2v) is 6.28. The highest BCUT2D eigenvalue weighted by molar-refractivity contribution is 7.98. The number of benzene rings is 2. The third kappa shape index (κ3) is 3.57. The molecule has 1 heterocycles. The van der Waals surface area contributed by atoms with Crippen LogP contribution in [0.4, 0.5) is 5.69 Å². The lowest BCUT2D eigenvalue weighted by molar-refractivity contribution is 0.297. The molecule has 5 heteroatoms. The summed E-state index contributed by atoms with van der Waals surface area (Å²) in [5.74, 6) is 2.44. The minimum Gasteiger partial charge on any atom is -0.490 e. The van der Waals surface area contributed by atoms with Crippen LogP contribution in [0.15, 0.2) is 41.3 Å². The maximum Gasteiger partial charge on any atom is 0.162 e. The molecule has 0 aliphatic carbocycles. The lowest BCUT2D eigenvalue weighted by atomic mass is 10.2. The van der Waals surface area contributed by atoms with Crippen LogP contribution in [0.25, 0.3) is 0 Å². The summed E-state index contributed by atoms with van der Waals surface area (Å²) in [6.07, 6.45) is 0.915. The highest BCUT2D eigenvalue weighted by atomic mass is 35.5. The van der Waals surface area contributed by atoms with Gasteiger partial charge >= 0.3 is 0 Å². The van der Waals surface area contributed by atoms with E-state index < -0.39 is 0 Å². The Balaban J connectivity index is 1.72. The molecule has 2 aromatic rings. The zero-order chi connectivity index (χ0) is 14.7. The van der Waals surface area contributed by atoms with Crippen LogP contribution in [0.2, 0.25) is 5.02 Å². The molecule has 0 bridgehead atoms. The quantitative estimate of drug-likeness (QED) is 0.673. The van der Waals surface area contributed by atoms with Crippen molar-refractivity contribution in [2.75, 3.05) is 18.9 Å². The van der Waals surface area contributed by atoms with Crippen molar-refractivity contribution in [2.24, 2.45) is 0 Å². The molecule has 0 saturated carbocycles.